The number of rotatable bonds is 4. The molecule has 2 aromatic rings. The second-order valence-corrected chi connectivity index (χ2v) is 6.64. The monoisotopic (exact) mass is 367 g/mol. The van der Waals surface area contributed by atoms with Crippen LogP contribution in [0.5, 0.6) is 0 Å². The number of ether oxygens (including phenoxy) is 1. The summed E-state index contributed by atoms with van der Waals surface area (Å²) < 4.78 is 57.3. The Kier molecular flexibility index (Phi) is 5.63. The van der Waals surface area contributed by atoms with Gasteiger partial charge in [-0.25, -0.2) is 4.39 Å². The molecule has 1 saturated heterocycles. The minimum atomic E-state index is -4.33. The quantitative estimate of drug-likeness (QED) is 0.783. The molecular formula is C20H21F4NO. The van der Waals surface area contributed by atoms with Crippen LogP contribution in [0.3, 0.4) is 0 Å². The Labute approximate surface area is 150 Å². The van der Waals surface area contributed by atoms with Crippen LogP contribution in [0.15, 0.2) is 42.5 Å². The van der Waals surface area contributed by atoms with Gasteiger partial charge in [0.2, 0.25) is 0 Å². The highest BCUT2D eigenvalue weighted by molar-refractivity contribution is 5.31. The highest BCUT2D eigenvalue weighted by atomic mass is 19.4. The average Bonchev–Trinajstić information content (AvgIpc) is 2.60. The first kappa shape index (κ1) is 18.9. The third kappa shape index (κ3) is 4.43. The van der Waals surface area contributed by atoms with E-state index in [9.17, 15) is 17.6 Å². The Morgan fingerprint density at radius 1 is 1.12 bits per heavy atom. The van der Waals surface area contributed by atoms with E-state index in [1.54, 1.807) is 6.07 Å². The number of benzene rings is 2. The zero-order valence-corrected chi connectivity index (χ0v) is 14.4. The molecule has 26 heavy (non-hydrogen) atoms. The van der Waals surface area contributed by atoms with Crippen LogP contribution < -0.4 is 5.32 Å². The van der Waals surface area contributed by atoms with Crippen LogP contribution >= 0.6 is 0 Å². The lowest BCUT2D eigenvalue weighted by molar-refractivity contribution is -0.137. The molecule has 0 bridgehead atoms. The molecule has 6 heteroatoms. The zero-order chi connectivity index (χ0) is 18.7. The van der Waals surface area contributed by atoms with E-state index in [0.29, 0.717) is 5.56 Å². The fourth-order valence-electron chi connectivity index (χ4n) is 3.39. The fraction of sp³-hybridized carbons (Fsp3) is 0.400. The Morgan fingerprint density at radius 2 is 1.85 bits per heavy atom. The lowest BCUT2D eigenvalue weighted by Crippen LogP contribution is -2.40. The van der Waals surface area contributed by atoms with Crippen molar-refractivity contribution in [2.75, 3.05) is 13.1 Å². The van der Waals surface area contributed by atoms with Gasteiger partial charge in [-0.15, -0.1) is 0 Å². The van der Waals surface area contributed by atoms with Crippen molar-refractivity contribution < 1.29 is 22.3 Å². The van der Waals surface area contributed by atoms with E-state index >= 15 is 0 Å². The van der Waals surface area contributed by atoms with Gasteiger partial charge in [0, 0.05) is 12.5 Å². The third-order valence-corrected chi connectivity index (χ3v) is 4.80. The maximum atomic E-state index is 13.4. The standard InChI is InChI=1S/C20H21F4NO/c1-13-10-16(21)6-7-17(13)18-11-25-9-8-19(18)26-12-14-2-4-15(5-3-14)20(22,23)24/h2-7,10,18-19,25H,8-9,11-12H2,1H3. The number of hydrogen-bond donors (Lipinski definition) is 1. The fourth-order valence-corrected chi connectivity index (χ4v) is 3.39. The first-order valence-corrected chi connectivity index (χ1v) is 8.59. The summed E-state index contributed by atoms with van der Waals surface area (Å²) in [7, 11) is 0. The second kappa shape index (κ2) is 7.76. The summed E-state index contributed by atoms with van der Waals surface area (Å²) in [5.41, 5.74) is 1.95. The van der Waals surface area contributed by atoms with Crippen LogP contribution in [0.25, 0.3) is 0 Å². The summed E-state index contributed by atoms with van der Waals surface area (Å²) in [4.78, 5) is 0. The SMILES string of the molecule is Cc1cc(F)ccc1C1CNCCC1OCc1ccc(C(F)(F)F)cc1. The summed E-state index contributed by atoms with van der Waals surface area (Å²) in [6, 6.07) is 9.78. The van der Waals surface area contributed by atoms with Crippen LogP contribution in [0, 0.1) is 12.7 Å². The predicted octanol–water partition coefficient (Wildman–Crippen LogP) is 4.82. The van der Waals surface area contributed by atoms with E-state index in [4.69, 9.17) is 4.74 Å². The molecule has 0 amide bonds. The maximum absolute atomic E-state index is 13.4. The van der Waals surface area contributed by atoms with Crippen molar-refractivity contribution in [2.45, 2.75) is 38.1 Å². The van der Waals surface area contributed by atoms with Crippen LogP contribution in [0.1, 0.15) is 34.6 Å². The normalized spacial score (nSPS) is 21.0. The summed E-state index contributed by atoms with van der Waals surface area (Å²) in [6.45, 7) is 3.66. The third-order valence-electron chi connectivity index (χ3n) is 4.80. The number of nitrogens with one attached hydrogen (secondary N) is 1. The van der Waals surface area contributed by atoms with Crippen molar-refractivity contribution in [1.82, 2.24) is 5.32 Å². The second-order valence-electron chi connectivity index (χ2n) is 6.64. The van der Waals surface area contributed by atoms with Crippen LogP contribution in [0.2, 0.25) is 0 Å². The van der Waals surface area contributed by atoms with Gasteiger partial charge in [-0.05, 0) is 60.8 Å². The lowest BCUT2D eigenvalue weighted by atomic mass is 9.86. The Bertz CT molecular complexity index is 742. The molecule has 1 heterocycles. The molecule has 1 fully saturated rings. The summed E-state index contributed by atoms with van der Waals surface area (Å²) >= 11 is 0. The van der Waals surface area contributed by atoms with E-state index in [1.807, 2.05) is 6.92 Å². The van der Waals surface area contributed by atoms with Crippen LogP contribution in [-0.2, 0) is 17.5 Å². The van der Waals surface area contributed by atoms with Gasteiger partial charge in [0.15, 0.2) is 0 Å². The van der Waals surface area contributed by atoms with Crippen molar-refractivity contribution in [3.05, 3.63) is 70.5 Å². The molecule has 2 nitrogen and oxygen atoms in total. The molecule has 0 aromatic heterocycles. The first-order valence-electron chi connectivity index (χ1n) is 8.59. The minimum Gasteiger partial charge on any atom is -0.373 e. The van der Waals surface area contributed by atoms with E-state index in [-0.39, 0.29) is 24.4 Å². The highest BCUT2D eigenvalue weighted by Crippen LogP contribution is 2.31. The number of hydrogen-bond acceptors (Lipinski definition) is 2. The lowest BCUT2D eigenvalue weighted by Gasteiger charge is -2.33. The summed E-state index contributed by atoms with van der Waals surface area (Å²) in [6.07, 6.45) is -3.61. The predicted molar refractivity (Wildman–Crippen MR) is 91.4 cm³/mol. The van der Waals surface area contributed by atoms with Crippen molar-refractivity contribution >= 4 is 0 Å². The molecule has 1 aliphatic heterocycles. The Morgan fingerprint density at radius 3 is 2.50 bits per heavy atom. The molecule has 3 rings (SSSR count). The van der Waals surface area contributed by atoms with E-state index in [1.165, 1.54) is 24.3 Å². The molecule has 1 aliphatic rings. The van der Waals surface area contributed by atoms with Gasteiger partial charge in [-0.2, -0.15) is 13.2 Å². The zero-order valence-electron chi connectivity index (χ0n) is 14.4. The Hall–Kier alpha value is -1.92. The number of alkyl halides is 3. The van der Waals surface area contributed by atoms with Gasteiger partial charge >= 0.3 is 6.18 Å². The van der Waals surface area contributed by atoms with Crippen LogP contribution in [0.4, 0.5) is 17.6 Å². The molecule has 0 radical (unpaired) electrons. The van der Waals surface area contributed by atoms with E-state index in [0.717, 1.165) is 42.8 Å². The van der Waals surface area contributed by atoms with Gasteiger partial charge in [-0.1, -0.05) is 18.2 Å². The Balaban J connectivity index is 1.69. The minimum absolute atomic E-state index is 0.0669. The van der Waals surface area contributed by atoms with Gasteiger partial charge in [-0.3, -0.25) is 0 Å². The highest BCUT2D eigenvalue weighted by Gasteiger charge is 2.30. The molecular weight excluding hydrogens is 346 g/mol. The molecule has 2 atom stereocenters. The largest absolute Gasteiger partial charge is 0.416 e. The average molecular weight is 367 g/mol. The van der Waals surface area contributed by atoms with Gasteiger partial charge in [0.1, 0.15) is 5.82 Å². The van der Waals surface area contributed by atoms with E-state index in [2.05, 4.69) is 5.32 Å². The number of aryl methyl sites for hydroxylation is 1. The van der Waals surface area contributed by atoms with Crippen LogP contribution in [-0.4, -0.2) is 19.2 Å². The van der Waals surface area contributed by atoms with Crippen molar-refractivity contribution in [2.24, 2.45) is 0 Å². The van der Waals surface area contributed by atoms with E-state index < -0.39 is 11.7 Å². The maximum Gasteiger partial charge on any atom is 0.416 e. The molecule has 2 aromatic carbocycles. The molecule has 1 N–H and O–H groups in total. The smallest absolute Gasteiger partial charge is 0.373 e. The van der Waals surface area contributed by atoms with Crippen molar-refractivity contribution in [1.29, 1.82) is 0 Å². The summed E-state index contributed by atoms with van der Waals surface area (Å²) in [5.74, 6) is -0.184. The molecule has 2 unspecified atom stereocenters. The topological polar surface area (TPSA) is 21.3 Å². The van der Waals surface area contributed by atoms with Gasteiger partial charge in [0.05, 0.1) is 18.3 Å². The molecule has 140 valence electrons. The molecule has 0 spiro atoms. The summed E-state index contributed by atoms with van der Waals surface area (Å²) in [5, 5.41) is 3.33. The first-order chi connectivity index (χ1) is 12.3. The van der Waals surface area contributed by atoms with Gasteiger partial charge < -0.3 is 10.1 Å². The number of piperidine rings is 1. The van der Waals surface area contributed by atoms with Gasteiger partial charge in [0.25, 0.3) is 0 Å². The number of halogens is 4. The van der Waals surface area contributed by atoms with Crippen molar-refractivity contribution in [3.8, 4) is 0 Å². The molecule has 0 saturated carbocycles. The van der Waals surface area contributed by atoms with Crippen molar-refractivity contribution in [3.63, 3.8) is 0 Å². The molecule has 0 aliphatic carbocycles.